The third kappa shape index (κ3) is 2.11. The lowest BCUT2D eigenvalue weighted by molar-refractivity contribution is 0.0975. The standard InChI is InChI=1S/C13H21N5O2/c1-2-18-11(14)10(12(19)16-13(18)20)15-9-7-17-5-3-8(9)4-6-17/h8-9,15H,2-7,14H2,1H3,(H,16,19,20). The zero-order chi connectivity index (χ0) is 14.3. The molecule has 0 aromatic carbocycles. The van der Waals surface area contributed by atoms with Gasteiger partial charge in [-0.25, -0.2) is 4.79 Å². The van der Waals surface area contributed by atoms with Crippen molar-refractivity contribution in [3.8, 4) is 0 Å². The Morgan fingerprint density at radius 3 is 2.60 bits per heavy atom. The van der Waals surface area contributed by atoms with Crippen molar-refractivity contribution in [1.29, 1.82) is 0 Å². The number of piperidine rings is 3. The zero-order valence-electron chi connectivity index (χ0n) is 11.7. The van der Waals surface area contributed by atoms with E-state index in [9.17, 15) is 9.59 Å². The Labute approximate surface area is 116 Å². The van der Waals surface area contributed by atoms with Gasteiger partial charge in [0.15, 0.2) is 0 Å². The van der Waals surface area contributed by atoms with Crippen molar-refractivity contribution < 1.29 is 0 Å². The minimum atomic E-state index is -0.450. The molecule has 7 nitrogen and oxygen atoms in total. The van der Waals surface area contributed by atoms with Gasteiger partial charge < -0.3 is 16.0 Å². The first kappa shape index (κ1) is 13.2. The zero-order valence-corrected chi connectivity index (χ0v) is 11.7. The second kappa shape index (κ2) is 4.97. The van der Waals surface area contributed by atoms with Crippen LogP contribution in [-0.4, -0.2) is 40.1 Å². The molecular formula is C13H21N5O2. The molecule has 1 unspecified atom stereocenters. The maximum Gasteiger partial charge on any atom is 0.330 e. The lowest BCUT2D eigenvalue weighted by atomic mass is 9.84. The summed E-state index contributed by atoms with van der Waals surface area (Å²) in [5.74, 6) is 0.818. The summed E-state index contributed by atoms with van der Waals surface area (Å²) in [6, 6.07) is 0.240. The number of rotatable bonds is 3. The molecule has 0 radical (unpaired) electrons. The molecule has 0 spiro atoms. The normalized spacial score (nSPS) is 28.6. The van der Waals surface area contributed by atoms with Crippen molar-refractivity contribution in [2.24, 2.45) is 5.92 Å². The maximum absolute atomic E-state index is 12.0. The van der Waals surface area contributed by atoms with E-state index in [0.29, 0.717) is 18.2 Å². The van der Waals surface area contributed by atoms with E-state index < -0.39 is 11.2 Å². The number of aromatic nitrogens is 2. The van der Waals surface area contributed by atoms with Crippen LogP contribution < -0.4 is 22.3 Å². The van der Waals surface area contributed by atoms with Crippen LogP contribution in [-0.2, 0) is 6.54 Å². The SMILES string of the molecule is CCn1c(N)c(NC2CN3CCC2CC3)c(=O)[nH]c1=O. The Bertz CT molecular complexity index is 612. The van der Waals surface area contributed by atoms with Crippen LogP contribution in [0.15, 0.2) is 9.59 Å². The van der Waals surface area contributed by atoms with E-state index in [0.717, 1.165) is 32.5 Å². The first-order chi connectivity index (χ1) is 9.60. The summed E-state index contributed by atoms with van der Waals surface area (Å²) < 4.78 is 1.38. The summed E-state index contributed by atoms with van der Waals surface area (Å²) in [7, 11) is 0. The number of anilines is 2. The third-order valence-electron chi connectivity index (χ3n) is 4.54. The van der Waals surface area contributed by atoms with E-state index in [1.54, 1.807) is 0 Å². The monoisotopic (exact) mass is 279 g/mol. The lowest BCUT2D eigenvalue weighted by Crippen LogP contribution is -2.54. The second-order valence-corrected chi connectivity index (χ2v) is 5.65. The van der Waals surface area contributed by atoms with Crippen LogP contribution in [0.1, 0.15) is 19.8 Å². The number of nitrogens with two attached hydrogens (primary N) is 1. The predicted molar refractivity (Wildman–Crippen MR) is 78.0 cm³/mol. The number of H-pyrrole nitrogens is 1. The lowest BCUT2D eigenvalue weighted by Gasteiger charge is -2.45. The Hall–Kier alpha value is -1.76. The maximum atomic E-state index is 12.0. The molecule has 0 amide bonds. The molecule has 3 saturated heterocycles. The van der Waals surface area contributed by atoms with Gasteiger partial charge in [0.2, 0.25) is 0 Å². The number of nitrogen functional groups attached to an aromatic ring is 1. The summed E-state index contributed by atoms with van der Waals surface area (Å²) in [5, 5.41) is 3.28. The highest BCUT2D eigenvalue weighted by molar-refractivity contribution is 5.61. The fraction of sp³-hybridized carbons (Fsp3) is 0.692. The van der Waals surface area contributed by atoms with E-state index in [4.69, 9.17) is 5.73 Å². The molecule has 1 aromatic rings. The first-order valence-electron chi connectivity index (χ1n) is 7.21. The molecule has 4 rings (SSSR count). The summed E-state index contributed by atoms with van der Waals surface area (Å²) in [4.78, 5) is 28.4. The molecule has 3 aliphatic rings. The molecule has 7 heteroatoms. The van der Waals surface area contributed by atoms with Crippen LogP contribution >= 0.6 is 0 Å². The summed E-state index contributed by atoms with van der Waals surface area (Å²) in [5.41, 5.74) is 5.44. The van der Waals surface area contributed by atoms with Gasteiger partial charge in [-0.2, -0.15) is 0 Å². The summed E-state index contributed by atoms with van der Waals surface area (Å²) >= 11 is 0. The number of nitrogens with one attached hydrogen (secondary N) is 2. The molecule has 0 aliphatic carbocycles. The van der Waals surface area contributed by atoms with Crippen molar-refractivity contribution in [2.75, 3.05) is 30.7 Å². The third-order valence-corrected chi connectivity index (χ3v) is 4.54. The fourth-order valence-corrected chi connectivity index (χ4v) is 3.36. The van der Waals surface area contributed by atoms with Gasteiger partial charge in [0.1, 0.15) is 11.5 Å². The van der Waals surface area contributed by atoms with Crippen LogP contribution in [0, 0.1) is 5.92 Å². The van der Waals surface area contributed by atoms with E-state index in [-0.39, 0.29) is 11.9 Å². The van der Waals surface area contributed by atoms with Gasteiger partial charge in [-0.1, -0.05) is 0 Å². The highest BCUT2D eigenvalue weighted by Crippen LogP contribution is 2.29. The molecule has 4 N–H and O–H groups in total. The number of hydrogen-bond donors (Lipinski definition) is 3. The van der Waals surface area contributed by atoms with Crippen molar-refractivity contribution in [3.05, 3.63) is 20.8 Å². The van der Waals surface area contributed by atoms with Crippen LogP contribution in [0.2, 0.25) is 0 Å². The Morgan fingerprint density at radius 2 is 2.05 bits per heavy atom. The van der Waals surface area contributed by atoms with Crippen LogP contribution in [0.3, 0.4) is 0 Å². The number of nitrogens with zero attached hydrogens (tertiary/aromatic N) is 2. The Morgan fingerprint density at radius 1 is 1.35 bits per heavy atom. The van der Waals surface area contributed by atoms with Crippen molar-refractivity contribution in [3.63, 3.8) is 0 Å². The molecule has 3 fully saturated rings. The molecule has 3 aliphatic heterocycles. The predicted octanol–water partition coefficient (Wildman–Crippen LogP) is -0.355. The Kier molecular flexibility index (Phi) is 3.29. The summed E-state index contributed by atoms with van der Waals surface area (Å²) in [6.45, 7) is 5.49. The topological polar surface area (TPSA) is 96.2 Å². The minimum absolute atomic E-state index is 0.234. The highest BCUT2D eigenvalue weighted by Gasteiger charge is 2.34. The van der Waals surface area contributed by atoms with E-state index >= 15 is 0 Å². The van der Waals surface area contributed by atoms with Crippen LogP contribution in [0.4, 0.5) is 11.5 Å². The van der Waals surface area contributed by atoms with Crippen molar-refractivity contribution in [2.45, 2.75) is 32.4 Å². The van der Waals surface area contributed by atoms with Gasteiger partial charge >= 0.3 is 5.69 Å². The fourth-order valence-electron chi connectivity index (χ4n) is 3.36. The molecule has 110 valence electrons. The van der Waals surface area contributed by atoms with Gasteiger partial charge in [-0.3, -0.25) is 14.3 Å². The second-order valence-electron chi connectivity index (χ2n) is 5.65. The molecule has 4 heterocycles. The van der Waals surface area contributed by atoms with Gasteiger partial charge in [0, 0.05) is 19.1 Å². The highest BCUT2D eigenvalue weighted by atomic mass is 16.2. The van der Waals surface area contributed by atoms with Gasteiger partial charge in [0.25, 0.3) is 5.56 Å². The average molecular weight is 279 g/mol. The quantitative estimate of drug-likeness (QED) is 0.702. The largest absolute Gasteiger partial charge is 0.383 e. The minimum Gasteiger partial charge on any atom is -0.383 e. The molecule has 0 saturated carbocycles. The number of hydrogen-bond acceptors (Lipinski definition) is 5. The van der Waals surface area contributed by atoms with Crippen LogP contribution in [0.25, 0.3) is 0 Å². The molecular weight excluding hydrogens is 258 g/mol. The summed E-state index contributed by atoms with van der Waals surface area (Å²) in [6.07, 6.45) is 2.31. The Balaban J connectivity index is 1.91. The smallest absolute Gasteiger partial charge is 0.330 e. The van der Waals surface area contributed by atoms with E-state index in [1.807, 2.05) is 6.92 Å². The van der Waals surface area contributed by atoms with E-state index in [1.165, 1.54) is 4.57 Å². The van der Waals surface area contributed by atoms with Crippen molar-refractivity contribution in [1.82, 2.24) is 14.5 Å². The first-order valence-corrected chi connectivity index (χ1v) is 7.21. The van der Waals surface area contributed by atoms with Gasteiger partial charge in [0.05, 0.1) is 0 Å². The van der Waals surface area contributed by atoms with Gasteiger partial charge in [-0.05, 0) is 38.8 Å². The molecule has 1 atom stereocenters. The molecule has 20 heavy (non-hydrogen) atoms. The average Bonchev–Trinajstić information content (AvgIpc) is 2.45. The van der Waals surface area contributed by atoms with E-state index in [2.05, 4.69) is 15.2 Å². The molecule has 2 bridgehead atoms. The van der Waals surface area contributed by atoms with Crippen LogP contribution in [0.5, 0.6) is 0 Å². The van der Waals surface area contributed by atoms with Crippen molar-refractivity contribution >= 4 is 11.5 Å². The van der Waals surface area contributed by atoms with Gasteiger partial charge in [-0.15, -0.1) is 0 Å². The number of fused-ring (bicyclic) bond motifs is 3. The molecule has 1 aromatic heterocycles. The number of aromatic amines is 1.